The molecule has 0 saturated heterocycles. The molecule has 0 unspecified atom stereocenters. The number of hydrogen-bond acceptors (Lipinski definition) is 4. The van der Waals surface area contributed by atoms with Gasteiger partial charge in [-0.05, 0) is 36.4 Å². The van der Waals surface area contributed by atoms with Gasteiger partial charge in [0.2, 0.25) is 0 Å². The van der Waals surface area contributed by atoms with Crippen LogP contribution >= 0.6 is 11.8 Å². The van der Waals surface area contributed by atoms with E-state index in [2.05, 4.69) is 0 Å². The predicted molar refractivity (Wildman–Crippen MR) is 66.2 cm³/mol. The molecular weight excluding hydrogens is 287 g/mol. The fourth-order valence-electron chi connectivity index (χ4n) is 1.33. The number of halogens is 3. The number of aryl methyl sites for hydroxylation is 1. The van der Waals surface area contributed by atoms with Gasteiger partial charge in [0.25, 0.3) is 0 Å². The van der Waals surface area contributed by atoms with E-state index in [1.165, 1.54) is 12.1 Å². The molecule has 0 aromatic heterocycles. The number of anilines is 1. The highest BCUT2D eigenvalue weighted by molar-refractivity contribution is 8.01. The van der Waals surface area contributed by atoms with Gasteiger partial charge in [0.1, 0.15) is 0 Å². The van der Waals surface area contributed by atoms with Crippen LogP contribution in [-0.2, 0) is 9.84 Å². The van der Waals surface area contributed by atoms with E-state index >= 15 is 0 Å². The van der Waals surface area contributed by atoms with Gasteiger partial charge < -0.3 is 5.73 Å². The molecule has 0 aliphatic heterocycles. The number of nitrogen functional groups attached to an aromatic ring is 1. The summed E-state index contributed by atoms with van der Waals surface area (Å²) < 4.78 is 59.3. The lowest BCUT2D eigenvalue weighted by Crippen LogP contribution is -2.13. The van der Waals surface area contributed by atoms with Crippen molar-refractivity contribution in [3.8, 4) is 0 Å². The second-order valence-electron chi connectivity index (χ2n) is 3.65. The van der Waals surface area contributed by atoms with Crippen molar-refractivity contribution < 1.29 is 21.6 Å². The van der Waals surface area contributed by atoms with Crippen molar-refractivity contribution in [3.05, 3.63) is 23.8 Å². The molecule has 0 radical (unpaired) electrons. The zero-order chi connectivity index (χ0) is 14.0. The van der Waals surface area contributed by atoms with Gasteiger partial charge in [-0.15, -0.1) is 0 Å². The topological polar surface area (TPSA) is 60.2 Å². The highest BCUT2D eigenvalue weighted by Gasteiger charge is 2.29. The standard InChI is InChI=1S/C10H12F3NO2S2/c1-7-2-3-9(8(14)6-7)18(15,16)5-4-17-10(11,12)13/h2-3,6H,4-5,14H2,1H3. The first-order valence-corrected chi connectivity index (χ1v) is 7.55. The molecule has 18 heavy (non-hydrogen) atoms. The van der Waals surface area contributed by atoms with Crippen LogP contribution in [0.1, 0.15) is 5.56 Å². The summed E-state index contributed by atoms with van der Waals surface area (Å²) in [6.07, 6.45) is 0. The lowest BCUT2D eigenvalue weighted by molar-refractivity contribution is -0.0326. The maximum atomic E-state index is 11.9. The predicted octanol–water partition coefficient (Wildman–Crippen LogP) is 2.60. The lowest BCUT2D eigenvalue weighted by Gasteiger charge is -2.09. The zero-order valence-corrected chi connectivity index (χ0v) is 11.1. The smallest absolute Gasteiger partial charge is 0.398 e. The van der Waals surface area contributed by atoms with Crippen LogP contribution in [0.4, 0.5) is 18.9 Å². The summed E-state index contributed by atoms with van der Waals surface area (Å²) in [7, 11) is -3.78. The minimum Gasteiger partial charge on any atom is -0.398 e. The van der Waals surface area contributed by atoms with E-state index in [1.807, 2.05) is 0 Å². The van der Waals surface area contributed by atoms with Crippen molar-refractivity contribution in [2.75, 3.05) is 17.2 Å². The van der Waals surface area contributed by atoms with E-state index in [1.54, 1.807) is 13.0 Å². The lowest BCUT2D eigenvalue weighted by atomic mass is 10.2. The molecule has 0 spiro atoms. The second-order valence-corrected chi connectivity index (χ2v) is 6.89. The van der Waals surface area contributed by atoms with Crippen molar-refractivity contribution in [1.82, 2.24) is 0 Å². The van der Waals surface area contributed by atoms with E-state index in [0.29, 0.717) is 0 Å². The van der Waals surface area contributed by atoms with Crippen molar-refractivity contribution in [2.24, 2.45) is 0 Å². The summed E-state index contributed by atoms with van der Waals surface area (Å²) in [5.41, 5.74) is 1.98. The van der Waals surface area contributed by atoms with Crippen LogP contribution in [0.3, 0.4) is 0 Å². The molecule has 1 aromatic carbocycles. The third-order valence-electron chi connectivity index (χ3n) is 2.12. The van der Waals surface area contributed by atoms with Gasteiger partial charge in [-0.3, -0.25) is 0 Å². The number of sulfone groups is 1. The molecular formula is C10H12F3NO2S2. The first-order chi connectivity index (χ1) is 8.12. The van der Waals surface area contributed by atoms with E-state index < -0.39 is 26.9 Å². The molecule has 0 aliphatic carbocycles. The number of rotatable bonds is 4. The Kier molecular flexibility index (Phi) is 4.55. The van der Waals surface area contributed by atoms with Crippen LogP contribution in [0.25, 0.3) is 0 Å². The summed E-state index contributed by atoms with van der Waals surface area (Å²) in [5, 5.41) is 0. The van der Waals surface area contributed by atoms with Crippen LogP contribution < -0.4 is 5.73 Å². The third kappa shape index (κ3) is 4.41. The zero-order valence-electron chi connectivity index (χ0n) is 9.49. The van der Waals surface area contributed by atoms with Crippen molar-refractivity contribution in [3.63, 3.8) is 0 Å². The average molecular weight is 299 g/mol. The Bertz CT molecular complexity index is 526. The first-order valence-electron chi connectivity index (χ1n) is 4.91. The van der Waals surface area contributed by atoms with Crippen LogP contribution in [0, 0.1) is 6.92 Å². The highest BCUT2D eigenvalue weighted by atomic mass is 32.2. The van der Waals surface area contributed by atoms with E-state index in [-0.39, 0.29) is 22.3 Å². The normalized spacial score (nSPS) is 12.7. The Labute approximate surface area is 107 Å². The maximum absolute atomic E-state index is 11.9. The largest absolute Gasteiger partial charge is 0.441 e. The quantitative estimate of drug-likeness (QED) is 0.868. The van der Waals surface area contributed by atoms with Crippen molar-refractivity contribution in [1.29, 1.82) is 0 Å². The minimum absolute atomic E-state index is 0.0620. The molecule has 1 rings (SSSR count). The monoisotopic (exact) mass is 299 g/mol. The molecule has 0 amide bonds. The van der Waals surface area contributed by atoms with Crippen LogP contribution in [0.2, 0.25) is 0 Å². The van der Waals surface area contributed by atoms with Crippen LogP contribution in [0.15, 0.2) is 23.1 Å². The molecule has 2 N–H and O–H groups in total. The van der Waals surface area contributed by atoms with Gasteiger partial charge in [0, 0.05) is 5.75 Å². The molecule has 0 bridgehead atoms. The first kappa shape index (κ1) is 15.2. The van der Waals surface area contributed by atoms with Gasteiger partial charge >= 0.3 is 5.51 Å². The molecule has 0 aliphatic rings. The molecule has 0 saturated carbocycles. The Morgan fingerprint density at radius 2 is 1.94 bits per heavy atom. The minimum atomic E-state index is -4.42. The average Bonchev–Trinajstić information content (AvgIpc) is 2.13. The van der Waals surface area contributed by atoms with Gasteiger partial charge in [-0.2, -0.15) is 13.2 Å². The molecule has 3 nitrogen and oxygen atoms in total. The summed E-state index contributed by atoms with van der Waals surface area (Å²) in [5.74, 6) is -1.14. The van der Waals surface area contributed by atoms with E-state index in [9.17, 15) is 21.6 Å². The molecule has 0 fully saturated rings. The van der Waals surface area contributed by atoms with E-state index in [4.69, 9.17) is 5.73 Å². The fourth-order valence-corrected chi connectivity index (χ4v) is 3.68. The summed E-state index contributed by atoms with van der Waals surface area (Å²) in [6.45, 7) is 1.74. The number of nitrogens with two attached hydrogens (primary N) is 1. The molecule has 8 heteroatoms. The van der Waals surface area contributed by atoms with Gasteiger partial charge in [-0.1, -0.05) is 6.07 Å². The molecule has 0 atom stereocenters. The number of benzene rings is 1. The maximum Gasteiger partial charge on any atom is 0.441 e. The number of thioether (sulfide) groups is 1. The SMILES string of the molecule is Cc1ccc(S(=O)(=O)CCSC(F)(F)F)c(N)c1. The Morgan fingerprint density at radius 1 is 1.33 bits per heavy atom. The summed E-state index contributed by atoms with van der Waals surface area (Å²) in [4.78, 5) is -0.115. The van der Waals surface area contributed by atoms with Crippen molar-refractivity contribution in [2.45, 2.75) is 17.3 Å². The number of hydrogen-bond donors (Lipinski definition) is 1. The third-order valence-corrected chi connectivity index (χ3v) is 4.90. The Morgan fingerprint density at radius 3 is 2.44 bits per heavy atom. The Balaban J connectivity index is 2.81. The fraction of sp³-hybridized carbons (Fsp3) is 0.400. The van der Waals surface area contributed by atoms with Crippen LogP contribution in [0.5, 0.6) is 0 Å². The van der Waals surface area contributed by atoms with E-state index in [0.717, 1.165) is 5.56 Å². The van der Waals surface area contributed by atoms with Gasteiger partial charge in [-0.25, -0.2) is 8.42 Å². The molecule has 1 aromatic rings. The summed E-state index contributed by atoms with van der Waals surface area (Å²) in [6, 6.07) is 4.35. The molecule has 0 heterocycles. The van der Waals surface area contributed by atoms with Crippen LogP contribution in [-0.4, -0.2) is 25.4 Å². The van der Waals surface area contributed by atoms with Crippen molar-refractivity contribution >= 4 is 27.3 Å². The molecule has 102 valence electrons. The second kappa shape index (κ2) is 5.40. The Hall–Kier alpha value is -0.890. The number of alkyl halides is 3. The summed E-state index contributed by atoms with van der Waals surface area (Å²) >= 11 is -0.356. The van der Waals surface area contributed by atoms with Gasteiger partial charge in [0.15, 0.2) is 9.84 Å². The highest BCUT2D eigenvalue weighted by Crippen LogP contribution is 2.31. The van der Waals surface area contributed by atoms with Gasteiger partial charge in [0.05, 0.1) is 16.3 Å².